The van der Waals surface area contributed by atoms with Gasteiger partial charge in [-0.15, -0.1) is 10.2 Å². The molecule has 1 N–H and O–H groups in total. The number of nitrogens with one attached hydrogen (secondary N) is 1. The molecule has 0 unspecified atom stereocenters. The summed E-state index contributed by atoms with van der Waals surface area (Å²) in [5.74, 6) is 0.686. The maximum Gasteiger partial charge on any atom is 0.277 e. The molecule has 27 heavy (non-hydrogen) atoms. The van der Waals surface area contributed by atoms with Crippen LogP contribution in [0.4, 0.5) is 10.1 Å². The standard InChI is InChI=1S/C18H14FN3O4S/c19-13-4-2-1-3-12(13)17-21-22-18(26-17)27-10-16(23)20-11-5-6-14-15(9-11)25-8-7-24-14/h1-6,9H,7-8,10H2,(H,20,23). The normalized spacial score (nSPS) is 12.6. The monoisotopic (exact) mass is 387 g/mol. The van der Waals surface area contributed by atoms with E-state index < -0.39 is 5.82 Å². The first-order chi connectivity index (χ1) is 13.2. The first kappa shape index (κ1) is 17.3. The van der Waals surface area contributed by atoms with Crippen LogP contribution in [0.3, 0.4) is 0 Å². The van der Waals surface area contributed by atoms with Gasteiger partial charge in [-0.2, -0.15) is 0 Å². The lowest BCUT2D eigenvalue weighted by molar-refractivity contribution is -0.113. The number of carbonyl (C=O) groups is 1. The van der Waals surface area contributed by atoms with Crippen LogP contribution in [-0.4, -0.2) is 35.1 Å². The highest BCUT2D eigenvalue weighted by Gasteiger charge is 2.15. The van der Waals surface area contributed by atoms with Crippen LogP contribution in [0.5, 0.6) is 11.5 Å². The fourth-order valence-electron chi connectivity index (χ4n) is 2.46. The zero-order valence-corrected chi connectivity index (χ0v) is 14.8. The van der Waals surface area contributed by atoms with Crippen molar-refractivity contribution < 1.29 is 23.1 Å². The average molecular weight is 387 g/mol. The molecule has 0 bridgehead atoms. The summed E-state index contributed by atoms with van der Waals surface area (Å²) >= 11 is 1.07. The number of anilines is 1. The molecule has 0 fully saturated rings. The molecule has 1 aliphatic rings. The van der Waals surface area contributed by atoms with Crippen LogP contribution >= 0.6 is 11.8 Å². The molecule has 7 nitrogen and oxygen atoms in total. The number of hydrogen-bond acceptors (Lipinski definition) is 7. The predicted octanol–water partition coefficient (Wildman–Crippen LogP) is 3.38. The Morgan fingerprint density at radius 1 is 1.11 bits per heavy atom. The molecule has 2 heterocycles. The molecule has 9 heteroatoms. The third-order valence-corrected chi connectivity index (χ3v) is 4.48. The number of rotatable bonds is 5. The first-order valence-corrected chi connectivity index (χ1v) is 9.08. The summed E-state index contributed by atoms with van der Waals surface area (Å²) in [7, 11) is 0. The summed E-state index contributed by atoms with van der Waals surface area (Å²) in [5.41, 5.74) is 0.819. The van der Waals surface area contributed by atoms with Gasteiger partial charge in [0.25, 0.3) is 11.1 Å². The summed E-state index contributed by atoms with van der Waals surface area (Å²) < 4.78 is 30.1. The lowest BCUT2D eigenvalue weighted by atomic mass is 10.2. The quantitative estimate of drug-likeness (QED) is 0.672. The molecular formula is C18H14FN3O4S. The number of nitrogens with zero attached hydrogens (tertiary/aromatic N) is 2. The summed E-state index contributed by atoms with van der Waals surface area (Å²) in [6, 6.07) is 11.3. The number of fused-ring (bicyclic) bond motifs is 1. The topological polar surface area (TPSA) is 86.5 Å². The molecule has 4 rings (SSSR count). The summed E-state index contributed by atoms with van der Waals surface area (Å²) in [6.07, 6.45) is 0. The van der Waals surface area contributed by atoms with Gasteiger partial charge in [0, 0.05) is 11.8 Å². The van der Waals surface area contributed by atoms with Gasteiger partial charge < -0.3 is 19.2 Å². The van der Waals surface area contributed by atoms with Crippen LogP contribution in [0, 0.1) is 5.82 Å². The number of carbonyl (C=O) groups excluding carboxylic acids is 1. The third kappa shape index (κ3) is 4.03. The SMILES string of the molecule is O=C(CSc1nnc(-c2ccccc2F)o1)Nc1ccc2c(c1)OCCO2. The lowest BCUT2D eigenvalue weighted by Gasteiger charge is -2.18. The van der Waals surface area contributed by atoms with E-state index in [-0.39, 0.29) is 28.3 Å². The van der Waals surface area contributed by atoms with Crippen molar-refractivity contribution in [1.82, 2.24) is 10.2 Å². The molecule has 1 amide bonds. The zero-order valence-electron chi connectivity index (χ0n) is 14.0. The number of aromatic nitrogens is 2. The smallest absolute Gasteiger partial charge is 0.277 e. The molecule has 2 aromatic carbocycles. The lowest BCUT2D eigenvalue weighted by Crippen LogP contribution is -2.17. The van der Waals surface area contributed by atoms with Gasteiger partial charge in [-0.25, -0.2) is 4.39 Å². The van der Waals surface area contributed by atoms with Crippen molar-refractivity contribution >= 4 is 23.4 Å². The predicted molar refractivity (Wildman–Crippen MR) is 96.5 cm³/mol. The van der Waals surface area contributed by atoms with Crippen LogP contribution in [0.25, 0.3) is 11.5 Å². The molecule has 1 aromatic heterocycles. The van der Waals surface area contributed by atoms with E-state index in [1.165, 1.54) is 6.07 Å². The minimum absolute atomic E-state index is 0.0628. The Bertz CT molecular complexity index is 979. The number of ether oxygens (including phenoxy) is 2. The second kappa shape index (κ2) is 7.67. The van der Waals surface area contributed by atoms with Gasteiger partial charge in [0.05, 0.1) is 11.3 Å². The highest BCUT2D eigenvalue weighted by molar-refractivity contribution is 7.99. The Hall–Kier alpha value is -3.07. The fourth-order valence-corrected chi connectivity index (χ4v) is 3.02. The largest absolute Gasteiger partial charge is 0.486 e. The molecule has 0 spiro atoms. The third-order valence-electron chi connectivity index (χ3n) is 3.66. The van der Waals surface area contributed by atoms with Gasteiger partial charge >= 0.3 is 0 Å². The summed E-state index contributed by atoms with van der Waals surface area (Å²) in [6.45, 7) is 0.982. The van der Waals surface area contributed by atoms with Gasteiger partial charge in [0.2, 0.25) is 5.91 Å². The van der Waals surface area contributed by atoms with Crippen molar-refractivity contribution in [1.29, 1.82) is 0 Å². The molecule has 0 atom stereocenters. The van der Waals surface area contributed by atoms with E-state index in [0.29, 0.717) is 30.4 Å². The molecular weight excluding hydrogens is 373 g/mol. The van der Waals surface area contributed by atoms with Crippen LogP contribution < -0.4 is 14.8 Å². The van der Waals surface area contributed by atoms with Crippen LogP contribution in [-0.2, 0) is 4.79 Å². The molecule has 0 saturated heterocycles. The van der Waals surface area contributed by atoms with Crippen molar-refractivity contribution in [2.45, 2.75) is 5.22 Å². The Morgan fingerprint density at radius 2 is 1.93 bits per heavy atom. The highest BCUT2D eigenvalue weighted by Crippen LogP contribution is 2.32. The molecule has 3 aromatic rings. The second-order valence-electron chi connectivity index (χ2n) is 5.55. The van der Waals surface area contributed by atoms with Crippen LogP contribution in [0.15, 0.2) is 52.1 Å². The van der Waals surface area contributed by atoms with E-state index in [0.717, 1.165) is 11.8 Å². The Balaban J connectivity index is 1.35. The van der Waals surface area contributed by atoms with E-state index in [2.05, 4.69) is 15.5 Å². The Kier molecular flexibility index (Phi) is 4.93. The molecule has 0 saturated carbocycles. The Labute approximate surface area is 157 Å². The zero-order chi connectivity index (χ0) is 18.6. The van der Waals surface area contributed by atoms with Crippen molar-refractivity contribution in [3.05, 3.63) is 48.3 Å². The number of halogens is 1. The molecule has 1 aliphatic heterocycles. The van der Waals surface area contributed by atoms with Crippen molar-refractivity contribution in [3.8, 4) is 23.0 Å². The molecule has 0 aliphatic carbocycles. The van der Waals surface area contributed by atoms with Gasteiger partial charge in [-0.1, -0.05) is 23.9 Å². The number of thioether (sulfide) groups is 1. The van der Waals surface area contributed by atoms with Gasteiger partial charge in [0.1, 0.15) is 19.0 Å². The highest BCUT2D eigenvalue weighted by atomic mass is 32.2. The minimum atomic E-state index is -0.450. The molecule has 0 radical (unpaired) electrons. The Morgan fingerprint density at radius 3 is 2.78 bits per heavy atom. The van der Waals surface area contributed by atoms with Crippen molar-refractivity contribution in [3.63, 3.8) is 0 Å². The van der Waals surface area contributed by atoms with Crippen molar-refractivity contribution in [2.24, 2.45) is 0 Å². The van der Waals surface area contributed by atoms with Gasteiger partial charge in [-0.3, -0.25) is 4.79 Å². The maximum atomic E-state index is 13.7. The van der Waals surface area contributed by atoms with Crippen molar-refractivity contribution in [2.75, 3.05) is 24.3 Å². The summed E-state index contributed by atoms with van der Waals surface area (Å²) in [5, 5.41) is 10.6. The average Bonchev–Trinajstić information content (AvgIpc) is 3.15. The first-order valence-electron chi connectivity index (χ1n) is 8.10. The van der Waals surface area contributed by atoms with Crippen LogP contribution in [0.1, 0.15) is 0 Å². The van der Waals surface area contributed by atoms with E-state index in [4.69, 9.17) is 13.9 Å². The van der Waals surface area contributed by atoms with E-state index in [1.54, 1.807) is 36.4 Å². The van der Waals surface area contributed by atoms with E-state index in [9.17, 15) is 9.18 Å². The van der Waals surface area contributed by atoms with Crippen LogP contribution in [0.2, 0.25) is 0 Å². The van der Waals surface area contributed by atoms with E-state index >= 15 is 0 Å². The minimum Gasteiger partial charge on any atom is -0.486 e. The summed E-state index contributed by atoms with van der Waals surface area (Å²) in [4.78, 5) is 12.1. The van der Waals surface area contributed by atoms with Gasteiger partial charge in [-0.05, 0) is 24.3 Å². The van der Waals surface area contributed by atoms with E-state index in [1.807, 2.05) is 0 Å². The number of amides is 1. The second-order valence-corrected chi connectivity index (χ2v) is 6.47. The number of benzene rings is 2. The number of hydrogen-bond donors (Lipinski definition) is 1. The molecule has 138 valence electrons. The maximum absolute atomic E-state index is 13.7. The fraction of sp³-hybridized carbons (Fsp3) is 0.167. The van der Waals surface area contributed by atoms with Gasteiger partial charge in [0.15, 0.2) is 11.5 Å².